The molecule has 3 aromatic rings. The molecule has 2 heterocycles. The average molecular weight is 414 g/mol. The summed E-state index contributed by atoms with van der Waals surface area (Å²) in [5, 5.41) is 17.3. The van der Waals surface area contributed by atoms with Crippen molar-refractivity contribution in [2.45, 2.75) is 39.4 Å². The van der Waals surface area contributed by atoms with Crippen molar-refractivity contribution in [2.24, 2.45) is 0 Å². The topological polar surface area (TPSA) is 75.4 Å². The first-order chi connectivity index (χ1) is 13.7. The van der Waals surface area contributed by atoms with Gasteiger partial charge in [-0.05, 0) is 44.2 Å². The first-order valence-electron chi connectivity index (χ1n) is 9.88. The Morgan fingerprint density at radius 3 is 2.59 bits per heavy atom. The molecule has 6 nitrogen and oxygen atoms in total. The number of hydrogen-bond donors (Lipinski definition) is 1. The molecule has 0 unspecified atom stereocenters. The smallest absolute Gasteiger partial charge is 0.152 e. The van der Waals surface area contributed by atoms with Crippen LogP contribution in [0.1, 0.15) is 35.0 Å². The van der Waals surface area contributed by atoms with Gasteiger partial charge in [-0.2, -0.15) is 5.10 Å². The number of aromatic nitrogens is 2. The molecule has 1 atom stereocenters. The molecule has 7 heteroatoms. The highest BCUT2D eigenvalue weighted by Gasteiger charge is 2.31. The predicted molar refractivity (Wildman–Crippen MR) is 115 cm³/mol. The monoisotopic (exact) mass is 413 g/mol. The molecular formula is C22H27N3O3S. The van der Waals surface area contributed by atoms with E-state index in [1.54, 1.807) is 6.07 Å². The van der Waals surface area contributed by atoms with Crippen LogP contribution in [0.4, 0.5) is 0 Å². The summed E-state index contributed by atoms with van der Waals surface area (Å²) in [4.78, 5) is 2.16. The van der Waals surface area contributed by atoms with Crippen molar-refractivity contribution in [2.75, 3.05) is 18.6 Å². The minimum absolute atomic E-state index is 0.0696. The Bertz CT molecular complexity index is 1170. The summed E-state index contributed by atoms with van der Waals surface area (Å²) in [6.07, 6.45) is 0.628. The maximum Gasteiger partial charge on any atom is 0.152 e. The van der Waals surface area contributed by atoms with E-state index in [-0.39, 0.29) is 17.5 Å². The lowest BCUT2D eigenvalue weighted by atomic mass is 10.0. The highest BCUT2D eigenvalue weighted by molar-refractivity contribution is 7.91. The van der Waals surface area contributed by atoms with Crippen LogP contribution in [0.5, 0.6) is 5.75 Å². The van der Waals surface area contributed by atoms with Crippen molar-refractivity contribution >= 4 is 20.6 Å². The van der Waals surface area contributed by atoms with E-state index in [4.69, 9.17) is 0 Å². The van der Waals surface area contributed by atoms with Crippen molar-refractivity contribution in [3.63, 3.8) is 0 Å². The highest BCUT2D eigenvalue weighted by atomic mass is 32.2. The van der Waals surface area contributed by atoms with E-state index in [2.05, 4.69) is 10.00 Å². The number of phenolic OH excluding ortho intramolecular Hbond substituents is 1. The maximum absolute atomic E-state index is 11.9. The second-order valence-corrected chi connectivity index (χ2v) is 10.3. The Labute approximate surface area is 171 Å². The summed E-state index contributed by atoms with van der Waals surface area (Å²) in [6, 6.07) is 11.7. The fraction of sp³-hybridized carbons (Fsp3) is 0.409. The third-order valence-corrected chi connectivity index (χ3v) is 7.65. The molecule has 0 bridgehead atoms. The van der Waals surface area contributed by atoms with Crippen LogP contribution in [-0.2, 0) is 22.9 Å². The average Bonchev–Trinajstić information content (AvgIpc) is 3.17. The number of phenols is 1. The molecule has 0 aliphatic carbocycles. The van der Waals surface area contributed by atoms with Crippen molar-refractivity contribution in [3.05, 3.63) is 58.9 Å². The molecule has 0 amide bonds. The van der Waals surface area contributed by atoms with Gasteiger partial charge < -0.3 is 5.11 Å². The van der Waals surface area contributed by atoms with Crippen molar-refractivity contribution in [1.82, 2.24) is 14.7 Å². The van der Waals surface area contributed by atoms with Crippen LogP contribution in [0.2, 0.25) is 0 Å². The first-order valence-corrected chi connectivity index (χ1v) is 11.7. The molecule has 0 radical (unpaired) electrons. The van der Waals surface area contributed by atoms with E-state index in [1.807, 2.05) is 55.9 Å². The van der Waals surface area contributed by atoms with Crippen LogP contribution in [-0.4, -0.2) is 46.8 Å². The van der Waals surface area contributed by atoms with Crippen LogP contribution in [0, 0.1) is 13.8 Å². The number of aryl methyl sites for hydroxylation is 1. The van der Waals surface area contributed by atoms with Gasteiger partial charge in [0.2, 0.25) is 0 Å². The minimum atomic E-state index is -2.95. The first kappa shape index (κ1) is 19.9. The number of nitrogens with zero attached hydrogens (tertiary/aromatic N) is 3. The quantitative estimate of drug-likeness (QED) is 0.694. The van der Waals surface area contributed by atoms with E-state index >= 15 is 0 Å². The largest absolute Gasteiger partial charge is 0.508 e. The van der Waals surface area contributed by atoms with Crippen molar-refractivity contribution in [3.8, 4) is 5.75 Å². The van der Waals surface area contributed by atoms with Gasteiger partial charge in [-0.3, -0.25) is 9.58 Å². The van der Waals surface area contributed by atoms with E-state index in [9.17, 15) is 13.5 Å². The van der Waals surface area contributed by atoms with Crippen LogP contribution in [0.15, 0.2) is 36.4 Å². The summed E-state index contributed by atoms with van der Waals surface area (Å²) in [7, 11) is -0.927. The Morgan fingerprint density at radius 2 is 1.86 bits per heavy atom. The Balaban J connectivity index is 1.57. The van der Waals surface area contributed by atoms with Gasteiger partial charge in [-0.15, -0.1) is 0 Å². The molecular weight excluding hydrogens is 386 g/mol. The number of rotatable bonds is 5. The summed E-state index contributed by atoms with van der Waals surface area (Å²) < 4.78 is 25.6. The standard InChI is InChI=1S/C22H27N3O3S/c1-15-20(16(2)25(23-15)18-10-11-29(27,28)14-18)12-24(3)13-21-19-7-5-4-6-17(19)8-9-22(21)26/h4-9,18,26H,10-14H2,1-3H3/t18-/m1/s1. The molecule has 1 aliphatic heterocycles. The maximum atomic E-state index is 11.9. The molecule has 1 aliphatic rings. The number of aromatic hydroxyl groups is 1. The zero-order valence-corrected chi connectivity index (χ0v) is 17.9. The molecule has 0 saturated carbocycles. The summed E-state index contributed by atoms with van der Waals surface area (Å²) in [5.74, 6) is 0.718. The molecule has 4 rings (SSSR count). The summed E-state index contributed by atoms with van der Waals surface area (Å²) >= 11 is 0. The molecule has 29 heavy (non-hydrogen) atoms. The van der Waals surface area contributed by atoms with Crippen LogP contribution >= 0.6 is 0 Å². The fourth-order valence-electron chi connectivity index (χ4n) is 4.34. The highest BCUT2D eigenvalue weighted by Crippen LogP contribution is 2.30. The van der Waals surface area contributed by atoms with Gasteiger partial charge >= 0.3 is 0 Å². The van der Waals surface area contributed by atoms with E-state index in [0.717, 1.165) is 33.3 Å². The van der Waals surface area contributed by atoms with Crippen molar-refractivity contribution < 1.29 is 13.5 Å². The minimum Gasteiger partial charge on any atom is -0.508 e. The fourth-order valence-corrected chi connectivity index (χ4v) is 6.03. The normalized spacial score (nSPS) is 18.7. The molecule has 1 saturated heterocycles. The van der Waals surface area contributed by atoms with Gasteiger partial charge in [-0.1, -0.05) is 30.3 Å². The van der Waals surface area contributed by atoms with Crippen LogP contribution < -0.4 is 0 Å². The Hall–Kier alpha value is -2.38. The van der Waals surface area contributed by atoms with Gasteiger partial charge in [0, 0.05) is 29.9 Å². The van der Waals surface area contributed by atoms with E-state index < -0.39 is 9.84 Å². The zero-order valence-electron chi connectivity index (χ0n) is 17.1. The molecule has 1 N–H and O–H groups in total. The third-order valence-electron chi connectivity index (χ3n) is 5.90. The van der Waals surface area contributed by atoms with Gasteiger partial charge in [0.25, 0.3) is 0 Å². The van der Waals surface area contributed by atoms with Crippen molar-refractivity contribution in [1.29, 1.82) is 0 Å². The lowest BCUT2D eigenvalue weighted by Gasteiger charge is -2.19. The number of benzene rings is 2. The van der Waals surface area contributed by atoms with Crippen LogP contribution in [0.25, 0.3) is 10.8 Å². The van der Waals surface area contributed by atoms with E-state index in [0.29, 0.717) is 25.3 Å². The Kier molecular flexibility index (Phi) is 5.12. The van der Waals surface area contributed by atoms with Gasteiger partial charge in [-0.25, -0.2) is 8.42 Å². The van der Waals surface area contributed by atoms with Gasteiger partial charge in [0.05, 0.1) is 23.2 Å². The number of fused-ring (bicyclic) bond motifs is 1. The number of hydrogen-bond acceptors (Lipinski definition) is 5. The third kappa shape index (κ3) is 3.89. The second-order valence-electron chi connectivity index (χ2n) is 8.11. The summed E-state index contributed by atoms with van der Waals surface area (Å²) in [5.41, 5.74) is 3.99. The summed E-state index contributed by atoms with van der Waals surface area (Å²) in [6.45, 7) is 5.28. The second kappa shape index (κ2) is 7.46. The lowest BCUT2D eigenvalue weighted by Crippen LogP contribution is -2.19. The molecule has 2 aromatic carbocycles. The lowest BCUT2D eigenvalue weighted by molar-refractivity contribution is 0.312. The SMILES string of the molecule is Cc1nn([C@@H]2CCS(=O)(=O)C2)c(C)c1CN(C)Cc1c(O)ccc2ccccc12. The van der Waals surface area contributed by atoms with E-state index in [1.165, 1.54) is 0 Å². The van der Waals surface area contributed by atoms with Crippen LogP contribution in [0.3, 0.4) is 0 Å². The number of sulfone groups is 1. The zero-order chi connectivity index (χ0) is 20.8. The Morgan fingerprint density at radius 1 is 1.14 bits per heavy atom. The molecule has 1 fully saturated rings. The molecule has 1 aromatic heterocycles. The molecule has 154 valence electrons. The molecule has 0 spiro atoms. The van der Waals surface area contributed by atoms with Gasteiger partial charge in [0.15, 0.2) is 9.84 Å². The predicted octanol–water partition coefficient (Wildman–Crippen LogP) is 3.35. The van der Waals surface area contributed by atoms with Gasteiger partial charge in [0.1, 0.15) is 5.75 Å².